The van der Waals surface area contributed by atoms with Crippen molar-refractivity contribution in [1.82, 2.24) is 10.6 Å². The van der Waals surface area contributed by atoms with E-state index in [9.17, 15) is 14.4 Å². The van der Waals surface area contributed by atoms with Crippen LogP contribution in [0.4, 0.5) is 0 Å². The van der Waals surface area contributed by atoms with E-state index in [1.165, 1.54) is 0 Å². The molecule has 3 amide bonds. The smallest absolute Gasteiger partial charge is 0.244 e. The van der Waals surface area contributed by atoms with Crippen LogP contribution in [0.1, 0.15) is 40.0 Å². The molecule has 1 aliphatic heterocycles. The molecule has 0 unspecified atom stereocenters. The molecule has 132 valence electrons. The minimum atomic E-state index is -0.890. The van der Waals surface area contributed by atoms with Gasteiger partial charge >= 0.3 is 0 Å². The molecule has 1 fully saturated rings. The van der Waals surface area contributed by atoms with Crippen molar-refractivity contribution in [3.63, 3.8) is 0 Å². The third-order valence-corrected chi connectivity index (χ3v) is 3.38. The van der Waals surface area contributed by atoms with E-state index >= 15 is 0 Å². The van der Waals surface area contributed by atoms with Gasteiger partial charge in [0, 0.05) is 6.42 Å². The molecule has 0 spiro atoms. The molecule has 1 rings (SSSR count). The lowest BCUT2D eigenvalue weighted by atomic mass is 10.0. The number of hydrogen-bond donors (Lipinski definition) is 4. The van der Waals surface area contributed by atoms with Crippen LogP contribution < -0.4 is 22.1 Å². The van der Waals surface area contributed by atoms with Gasteiger partial charge in [0.25, 0.3) is 0 Å². The highest BCUT2D eigenvalue weighted by Crippen LogP contribution is 2.21. The van der Waals surface area contributed by atoms with E-state index in [1.54, 1.807) is 6.92 Å². The molecule has 1 saturated heterocycles. The van der Waals surface area contributed by atoms with Crippen LogP contribution in [0.25, 0.3) is 0 Å². The van der Waals surface area contributed by atoms with Crippen LogP contribution in [0, 0.1) is 5.92 Å². The average molecular weight is 330 g/mol. The fraction of sp³-hybridized carbons (Fsp3) is 0.786. The molecule has 9 heteroatoms. The van der Waals surface area contributed by atoms with Crippen molar-refractivity contribution in [3.8, 4) is 0 Å². The molecule has 23 heavy (non-hydrogen) atoms. The first-order valence-corrected chi connectivity index (χ1v) is 7.67. The van der Waals surface area contributed by atoms with Crippen molar-refractivity contribution in [2.75, 3.05) is 0 Å². The summed E-state index contributed by atoms with van der Waals surface area (Å²) in [6, 6.07) is -1.93. The van der Waals surface area contributed by atoms with Gasteiger partial charge in [-0.1, -0.05) is 13.8 Å². The molecule has 0 aliphatic carbocycles. The Hall–Kier alpha value is -1.71. The normalized spacial score (nSPS) is 18.1. The quantitative estimate of drug-likeness (QED) is 0.295. The molecule has 0 bridgehead atoms. The number of primary amides is 1. The average Bonchev–Trinajstić information content (AvgIpc) is 3.27. The number of carbonyl (C=O) groups is 3. The Kier molecular flexibility index (Phi) is 7.40. The predicted octanol–water partition coefficient (Wildman–Crippen LogP) is -1.10. The fourth-order valence-corrected chi connectivity index (χ4v) is 2.03. The minimum absolute atomic E-state index is 0.0159. The lowest BCUT2D eigenvalue weighted by molar-refractivity contribution is -0.130. The van der Waals surface area contributed by atoms with E-state index in [0.717, 1.165) is 0 Å². The number of amides is 3. The number of rotatable bonds is 10. The summed E-state index contributed by atoms with van der Waals surface area (Å²) >= 11 is 0. The monoisotopic (exact) mass is 330 g/mol. The second-order valence-electron chi connectivity index (χ2n) is 6.15. The maximum atomic E-state index is 12.1. The Morgan fingerprint density at radius 1 is 1.09 bits per heavy atom. The van der Waals surface area contributed by atoms with Crippen LogP contribution in [-0.2, 0) is 24.2 Å². The third-order valence-electron chi connectivity index (χ3n) is 3.38. The van der Waals surface area contributed by atoms with Crippen molar-refractivity contribution in [1.29, 1.82) is 0 Å². The van der Waals surface area contributed by atoms with Gasteiger partial charge in [-0.3, -0.25) is 14.4 Å². The topological polar surface area (TPSA) is 152 Å². The lowest BCUT2D eigenvalue weighted by Crippen LogP contribution is -2.53. The Labute approximate surface area is 135 Å². The zero-order valence-electron chi connectivity index (χ0n) is 13.7. The summed E-state index contributed by atoms with van der Waals surface area (Å²) in [7, 11) is 0. The summed E-state index contributed by atoms with van der Waals surface area (Å²) in [5.41, 5.74) is 10.7. The van der Waals surface area contributed by atoms with Crippen molar-refractivity contribution < 1.29 is 24.2 Å². The van der Waals surface area contributed by atoms with Crippen molar-refractivity contribution >= 4 is 17.7 Å². The molecule has 0 aromatic heterocycles. The van der Waals surface area contributed by atoms with Gasteiger partial charge in [-0.15, -0.1) is 0 Å². The summed E-state index contributed by atoms with van der Waals surface area (Å²) in [6.45, 7) is 5.59. The first kappa shape index (κ1) is 19.3. The van der Waals surface area contributed by atoms with E-state index in [-0.39, 0.29) is 24.8 Å². The number of hydrogen-bond acceptors (Lipinski definition) is 6. The maximum absolute atomic E-state index is 12.1. The molecule has 0 aromatic rings. The minimum Gasteiger partial charge on any atom is -0.370 e. The molecule has 1 heterocycles. The molecule has 9 nitrogen and oxygen atoms in total. The SMILES string of the molecule is CC(C)C[C@H](NC(=O)[C@H](C)NC(=O)[C@@H](N)CCC(N)=O)C1OO1. The van der Waals surface area contributed by atoms with Gasteiger partial charge < -0.3 is 22.1 Å². The standard InChI is InChI=1S/C14H26N4O5/c1-7(2)6-10(14-22-23-14)18-12(20)8(3)17-13(21)9(15)4-5-11(16)19/h7-10,14H,4-6,15H2,1-3H3,(H2,16,19)(H,17,21)(H,18,20)/t8-,9-,10-/m0/s1. The molecule has 1 aliphatic rings. The van der Waals surface area contributed by atoms with Gasteiger partial charge in [0.15, 0.2) is 0 Å². The van der Waals surface area contributed by atoms with Crippen LogP contribution >= 0.6 is 0 Å². The Morgan fingerprint density at radius 3 is 2.17 bits per heavy atom. The van der Waals surface area contributed by atoms with Crippen LogP contribution in [-0.4, -0.2) is 42.1 Å². The largest absolute Gasteiger partial charge is 0.370 e. The highest BCUT2D eigenvalue weighted by molar-refractivity contribution is 5.89. The lowest BCUT2D eigenvalue weighted by Gasteiger charge is -2.21. The first-order valence-electron chi connectivity index (χ1n) is 7.67. The Morgan fingerprint density at radius 2 is 1.70 bits per heavy atom. The van der Waals surface area contributed by atoms with Gasteiger partial charge in [0.05, 0.1) is 12.1 Å². The summed E-state index contributed by atoms with van der Waals surface area (Å²) < 4.78 is 0. The highest BCUT2D eigenvalue weighted by Gasteiger charge is 2.38. The zero-order valence-corrected chi connectivity index (χ0v) is 13.7. The van der Waals surface area contributed by atoms with Gasteiger partial charge in [0.2, 0.25) is 24.0 Å². The second kappa shape index (κ2) is 8.80. The molecule has 6 N–H and O–H groups in total. The van der Waals surface area contributed by atoms with Crippen molar-refractivity contribution in [2.24, 2.45) is 17.4 Å². The zero-order chi connectivity index (χ0) is 17.6. The van der Waals surface area contributed by atoms with E-state index in [0.29, 0.717) is 12.3 Å². The van der Waals surface area contributed by atoms with Crippen molar-refractivity contribution in [3.05, 3.63) is 0 Å². The van der Waals surface area contributed by atoms with Crippen LogP contribution in [0.5, 0.6) is 0 Å². The van der Waals surface area contributed by atoms with E-state index in [4.69, 9.17) is 21.2 Å². The maximum Gasteiger partial charge on any atom is 0.244 e. The molecular formula is C14H26N4O5. The van der Waals surface area contributed by atoms with E-state index in [2.05, 4.69) is 10.6 Å². The summed E-state index contributed by atoms with van der Waals surface area (Å²) in [4.78, 5) is 44.2. The van der Waals surface area contributed by atoms with Crippen molar-refractivity contribution in [2.45, 2.75) is 64.4 Å². The van der Waals surface area contributed by atoms with Crippen LogP contribution in [0.2, 0.25) is 0 Å². The Bertz CT molecular complexity index is 439. The van der Waals surface area contributed by atoms with E-state index < -0.39 is 30.2 Å². The Balaban J connectivity index is 2.42. The molecular weight excluding hydrogens is 304 g/mol. The molecule has 3 atom stereocenters. The summed E-state index contributed by atoms with van der Waals surface area (Å²) in [6.07, 6.45) is 0.397. The fourth-order valence-electron chi connectivity index (χ4n) is 2.03. The summed E-state index contributed by atoms with van der Waals surface area (Å²) in [5, 5.41) is 5.30. The number of carbonyl (C=O) groups excluding carboxylic acids is 3. The first-order chi connectivity index (χ1) is 10.7. The van der Waals surface area contributed by atoms with Gasteiger partial charge in [-0.2, -0.15) is 9.78 Å². The highest BCUT2D eigenvalue weighted by atomic mass is 17.4. The number of nitrogens with one attached hydrogen (secondary N) is 2. The number of nitrogens with two attached hydrogens (primary N) is 2. The molecule has 0 aromatic carbocycles. The second-order valence-corrected chi connectivity index (χ2v) is 6.15. The summed E-state index contributed by atoms with van der Waals surface area (Å²) in [5.74, 6) is -1.04. The predicted molar refractivity (Wildman–Crippen MR) is 81.4 cm³/mol. The molecule has 0 radical (unpaired) electrons. The van der Waals surface area contributed by atoms with Crippen LogP contribution in [0.3, 0.4) is 0 Å². The third kappa shape index (κ3) is 7.40. The molecule has 0 saturated carbocycles. The van der Waals surface area contributed by atoms with Gasteiger partial charge in [-0.05, 0) is 25.7 Å². The van der Waals surface area contributed by atoms with Gasteiger partial charge in [-0.25, -0.2) is 0 Å². The van der Waals surface area contributed by atoms with E-state index in [1.807, 2.05) is 13.8 Å². The van der Waals surface area contributed by atoms with Crippen LogP contribution in [0.15, 0.2) is 0 Å². The van der Waals surface area contributed by atoms with Gasteiger partial charge in [0.1, 0.15) is 6.04 Å².